The standard InChI is InChI=1S/C37H46FNO4/c1-37-23-32(38)36-30-13-12-29(40)22-28(30)21-27(35(36)31(37)14-15-33(37)41)9-5-6-16-39(17-18-43-2)34(42)20-24-10-11-25-7-3-4-8-26(25)19-24/h3-4,7-8,10-13,19,22,27,31-33,35-36,40-41H,5-6,9,14-18,20-21,23H2,1-2H3/t27-,31?,32+,33+,35?,36?,37+/m1/s1. The molecular formula is C37H46FNO4. The minimum atomic E-state index is -0.998. The van der Waals surface area contributed by atoms with Crippen LogP contribution in [-0.4, -0.2) is 60.1 Å². The zero-order valence-corrected chi connectivity index (χ0v) is 25.6. The van der Waals surface area contributed by atoms with Crippen LogP contribution in [0, 0.1) is 23.2 Å². The Morgan fingerprint density at radius 3 is 2.67 bits per heavy atom. The number of phenolic OH excluding ortho intramolecular Hbond substituents is 1. The number of phenols is 1. The van der Waals surface area contributed by atoms with Gasteiger partial charge in [-0.05, 0) is 101 Å². The molecule has 0 saturated heterocycles. The third kappa shape index (κ3) is 5.93. The number of amides is 1. The zero-order chi connectivity index (χ0) is 30.1. The first-order valence-corrected chi connectivity index (χ1v) is 16.2. The van der Waals surface area contributed by atoms with E-state index in [-0.39, 0.29) is 34.8 Å². The van der Waals surface area contributed by atoms with E-state index in [2.05, 4.69) is 31.2 Å². The number of hydrogen-bond donors (Lipinski definition) is 2. The third-order valence-corrected chi connectivity index (χ3v) is 11.1. The summed E-state index contributed by atoms with van der Waals surface area (Å²) >= 11 is 0. The number of benzene rings is 3. The van der Waals surface area contributed by atoms with E-state index in [9.17, 15) is 15.0 Å². The molecule has 3 aliphatic rings. The molecule has 0 heterocycles. The van der Waals surface area contributed by atoms with Crippen LogP contribution in [-0.2, 0) is 22.4 Å². The predicted octanol–water partition coefficient (Wildman–Crippen LogP) is 6.82. The Kier molecular flexibility index (Phi) is 8.79. The van der Waals surface area contributed by atoms with Gasteiger partial charge in [-0.2, -0.15) is 0 Å². The molecule has 1 amide bonds. The lowest BCUT2D eigenvalue weighted by Crippen LogP contribution is -2.51. The van der Waals surface area contributed by atoms with Gasteiger partial charge < -0.3 is 19.8 Å². The molecule has 6 rings (SSSR count). The fourth-order valence-electron chi connectivity index (χ4n) is 8.94. The van der Waals surface area contributed by atoms with E-state index in [0.717, 1.165) is 60.6 Å². The van der Waals surface area contributed by atoms with Gasteiger partial charge >= 0.3 is 0 Å². The van der Waals surface area contributed by atoms with Gasteiger partial charge in [0.15, 0.2) is 0 Å². The normalized spacial score (nSPS) is 29.6. The predicted molar refractivity (Wildman–Crippen MR) is 168 cm³/mol. The summed E-state index contributed by atoms with van der Waals surface area (Å²) in [5.41, 5.74) is 2.77. The van der Waals surface area contributed by atoms with Gasteiger partial charge in [-0.25, -0.2) is 4.39 Å². The van der Waals surface area contributed by atoms with Crippen LogP contribution in [0.25, 0.3) is 10.8 Å². The van der Waals surface area contributed by atoms with Gasteiger partial charge in [-0.15, -0.1) is 0 Å². The van der Waals surface area contributed by atoms with Crippen molar-refractivity contribution in [1.29, 1.82) is 0 Å². The Hall–Kier alpha value is -2.96. The molecule has 5 nitrogen and oxygen atoms in total. The Morgan fingerprint density at radius 1 is 1.05 bits per heavy atom. The molecule has 6 heteroatoms. The van der Waals surface area contributed by atoms with Crippen LogP contribution in [0.5, 0.6) is 5.75 Å². The van der Waals surface area contributed by atoms with Crippen LogP contribution in [0.2, 0.25) is 0 Å². The molecule has 43 heavy (non-hydrogen) atoms. The summed E-state index contributed by atoms with van der Waals surface area (Å²) in [6.45, 7) is 3.83. The number of hydrogen-bond acceptors (Lipinski definition) is 4. The summed E-state index contributed by atoms with van der Waals surface area (Å²) in [4.78, 5) is 15.3. The molecule has 0 aliphatic heterocycles. The number of aliphatic hydroxyl groups excluding tert-OH is 1. The molecule has 3 unspecified atom stereocenters. The van der Waals surface area contributed by atoms with Crippen LogP contribution >= 0.6 is 0 Å². The maximum Gasteiger partial charge on any atom is 0.227 e. The van der Waals surface area contributed by atoms with Gasteiger partial charge in [0.25, 0.3) is 0 Å². The second-order valence-electron chi connectivity index (χ2n) is 13.6. The van der Waals surface area contributed by atoms with Crippen molar-refractivity contribution in [3.8, 4) is 5.75 Å². The van der Waals surface area contributed by atoms with Gasteiger partial charge in [0.2, 0.25) is 5.91 Å². The van der Waals surface area contributed by atoms with Gasteiger partial charge in [0, 0.05) is 26.1 Å². The summed E-state index contributed by atoms with van der Waals surface area (Å²) in [5, 5.41) is 23.5. The van der Waals surface area contributed by atoms with E-state index in [4.69, 9.17) is 4.74 Å². The average Bonchev–Trinajstić information content (AvgIpc) is 3.29. The molecule has 230 valence electrons. The molecule has 2 N–H and O–H groups in total. The van der Waals surface area contributed by atoms with Crippen molar-refractivity contribution in [3.05, 3.63) is 77.4 Å². The Labute approximate surface area is 255 Å². The number of aliphatic hydroxyl groups is 1. The quantitative estimate of drug-likeness (QED) is 0.255. The minimum absolute atomic E-state index is 0.109. The van der Waals surface area contributed by atoms with E-state index < -0.39 is 12.3 Å². The first-order valence-electron chi connectivity index (χ1n) is 16.2. The molecular weight excluding hydrogens is 541 g/mol. The Bertz CT molecular complexity index is 1440. The maximum atomic E-state index is 16.1. The monoisotopic (exact) mass is 587 g/mol. The van der Waals surface area contributed by atoms with Crippen molar-refractivity contribution in [3.63, 3.8) is 0 Å². The molecule has 3 aliphatic carbocycles. The van der Waals surface area contributed by atoms with E-state index in [0.29, 0.717) is 38.5 Å². The lowest BCUT2D eigenvalue weighted by Gasteiger charge is -2.54. The Balaban J connectivity index is 1.14. The fraction of sp³-hybridized carbons (Fsp3) is 0.541. The SMILES string of the molecule is COCCN(CCCC[C@@H]1Cc2cc(O)ccc2C2C1C1CC[C@H](O)[C@@]1(C)C[C@@H]2F)C(=O)Cc1ccc2ccccc2c1. The number of carbonyl (C=O) groups excluding carboxylic acids is 1. The number of carbonyl (C=O) groups is 1. The lowest BCUT2D eigenvalue weighted by molar-refractivity contribution is -0.131. The molecule has 0 aromatic heterocycles. The summed E-state index contributed by atoms with van der Waals surface area (Å²) in [7, 11) is 1.66. The minimum Gasteiger partial charge on any atom is -0.508 e. The molecule has 7 atom stereocenters. The molecule has 0 spiro atoms. The van der Waals surface area contributed by atoms with Crippen LogP contribution in [0.15, 0.2) is 60.7 Å². The topological polar surface area (TPSA) is 70.0 Å². The van der Waals surface area contributed by atoms with E-state index >= 15 is 4.39 Å². The lowest BCUT2D eigenvalue weighted by atomic mass is 9.51. The highest BCUT2D eigenvalue weighted by Crippen LogP contribution is 2.63. The average molecular weight is 588 g/mol. The van der Waals surface area contributed by atoms with Crippen molar-refractivity contribution in [2.45, 2.75) is 76.5 Å². The van der Waals surface area contributed by atoms with E-state index in [1.54, 1.807) is 13.2 Å². The van der Waals surface area contributed by atoms with Gasteiger partial charge in [0.1, 0.15) is 11.9 Å². The highest BCUT2D eigenvalue weighted by Gasteiger charge is 2.59. The number of aromatic hydroxyl groups is 1. The molecule has 3 aromatic carbocycles. The smallest absolute Gasteiger partial charge is 0.227 e. The second-order valence-corrected chi connectivity index (χ2v) is 13.6. The number of methoxy groups -OCH3 is 1. The third-order valence-electron chi connectivity index (χ3n) is 11.1. The van der Waals surface area contributed by atoms with Gasteiger partial charge in [0.05, 0.1) is 19.1 Å². The summed E-state index contributed by atoms with van der Waals surface area (Å²) in [5.74, 6) is 0.933. The van der Waals surface area contributed by atoms with Crippen molar-refractivity contribution in [2.75, 3.05) is 26.8 Å². The number of fused-ring (bicyclic) bond motifs is 6. The molecule has 0 radical (unpaired) electrons. The van der Waals surface area contributed by atoms with Crippen molar-refractivity contribution >= 4 is 16.7 Å². The van der Waals surface area contributed by atoms with Crippen LogP contribution in [0.4, 0.5) is 4.39 Å². The number of nitrogens with zero attached hydrogens (tertiary/aromatic N) is 1. The largest absolute Gasteiger partial charge is 0.508 e. The number of halogens is 1. The molecule has 3 aromatic rings. The van der Waals surface area contributed by atoms with Crippen molar-refractivity contribution < 1.29 is 24.1 Å². The van der Waals surface area contributed by atoms with E-state index in [1.165, 1.54) is 5.39 Å². The van der Waals surface area contributed by atoms with Crippen molar-refractivity contribution in [1.82, 2.24) is 4.90 Å². The molecule has 2 saturated carbocycles. The number of alkyl halides is 1. The number of unbranched alkanes of at least 4 members (excludes halogenated alkanes) is 1. The zero-order valence-electron chi connectivity index (χ0n) is 25.6. The van der Waals surface area contributed by atoms with Gasteiger partial charge in [-0.1, -0.05) is 61.9 Å². The van der Waals surface area contributed by atoms with Gasteiger partial charge in [-0.3, -0.25) is 4.79 Å². The summed E-state index contributed by atoms with van der Waals surface area (Å²) in [6.07, 6.45) is 4.61. The first kappa shape index (κ1) is 30.1. The second kappa shape index (κ2) is 12.6. The maximum absolute atomic E-state index is 16.1. The first-order chi connectivity index (χ1) is 20.8. The Morgan fingerprint density at radius 2 is 1.86 bits per heavy atom. The summed E-state index contributed by atoms with van der Waals surface area (Å²) < 4.78 is 21.4. The fourth-order valence-corrected chi connectivity index (χ4v) is 8.94. The van der Waals surface area contributed by atoms with E-state index in [1.807, 2.05) is 35.2 Å². The van der Waals surface area contributed by atoms with Crippen LogP contribution in [0.1, 0.15) is 68.1 Å². The van der Waals surface area contributed by atoms with Crippen LogP contribution < -0.4 is 0 Å². The highest BCUT2D eigenvalue weighted by atomic mass is 19.1. The number of ether oxygens (including phenoxy) is 1. The highest BCUT2D eigenvalue weighted by molar-refractivity contribution is 5.85. The molecule has 0 bridgehead atoms. The molecule has 2 fully saturated rings. The number of rotatable bonds is 10. The van der Waals surface area contributed by atoms with Crippen LogP contribution in [0.3, 0.4) is 0 Å². The summed E-state index contributed by atoms with van der Waals surface area (Å²) in [6, 6.07) is 19.9. The van der Waals surface area contributed by atoms with Crippen molar-refractivity contribution in [2.24, 2.45) is 23.2 Å².